The zero-order valence-electron chi connectivity index (χ0n) is 11.2. The predicted molar refractivity (Wildman–Crippen MR) is 76.0 cm³/mol. The average molecular weight is 239 g/mol. The largest absolute Gasteiger partial charge is 0.493 e. The molecule has 0 aliphatic rings. The monoisotopic (exact) mass is 239 g/mol. The van der Waals surface area contributed by atoms with Gasteiger partial charge in [0.25, 0.3) is 0 Å². The smallest absolute Gasteiger partial charge is 0.127 e. The molecule has 0 saturated carbocycles. The lowest BCUT2D eigenvalue weighted by Gasteiger charge is -2.13. The van der Waals surface area contributed by atoms with Crippen LogP contribution in [0.1, 0.15) is 32.3 Å². The number of ether oxygens (including phenoxy) is 1. The Balaban J connectivity index is 2.45. The minimum absolute atomic E-state index is 0.515. The summed E-state index contributed by atoms with van der Waals surface area (Å²) in [6, 6.07) is 17.7. The van der Waals surface area contributed by atoms with Crippen LogP contribution >= 0.6 is 0 Å². The zero-order chi connectivity index (χ0) is 13.0. The molecule has 2 aromatic carbocycles. The van der Waals surface area contributed by atoms with Crippen molar-refractivity contribution in [3.8, 4) is 16.9 Å². The maximum Gasteiger partial charge on any atom is 0.127 e. The van der Waals surface area contributed by atoms with Crippen LogP contribution in [0.2, 0.25) is 0 Å². The third-order valence-electron chi connectivity index (χ3n) is 2.97. The van der Waals surface area contributed by atoms with Crippen molar-refractivity contribution in [2.45, 2.75) is 26.7 Å². The van der Waals surface area contributed by atoms with Crippen molar-refractivity contribution in [3.63, 3.8) is 0 Å². The van der Waals surface area contributed by atoms with Crippen molar-refractivity contribution >= 4 is 0 Å². The molecule has 1 nitrogen and oxygen atoms in total. The fourth-order valence-corrected chi connectivity index (χ4v) is 2.11. The van der Waals surface area contributed by atoms with Crippen molar-refractivity contribution in [2.24, 2.45) is 0 Å². The third-order valence-corrected chi connectivity index (χ3v) is 2.97. The highest BCUT2D eigenvalue weighted by Crippen LogP contribution is 2.30. The van der Waals surface area contributed by atoms with E-state index in [0.717, 1.165) is 5.75 Å². The van der Waals surface area contributed by atoms with Crippen LogP contribution in [0.4, 0.5) is 0 Å². The Hall–Kier alpha value is -1.76. The predicted octanol–water partition coefficient (Wildman–Crippen LogP) is 4.68. The van der Waals surface area contributed by atoms with Gasteiger partial charge in [-0.15, -0.1) is 0 Å². The highest BCUT2D eigenvalue weighted by atomic mass is 16.5. The number of benzene rings is 2. The molecule has 0 bridgehead atoms. The van der Waals surface area contributed by atoms with E-state index in [9.17, 15) is 0 Å². The molecule has 1 heteroatoms. The second-order valence-electron chi connectivity index (χ2n) is 4.62. The van der Waals surface area contributed by atoms with Crippen LogP contribution in [-0.2, 0) is 0 Å². The second kappa shape index (κ2) is 5.72. The van der Waals surface area contributed by atoms with Crippen molar-refractivity contribution in [2.75, 3.05) is 6.61 Å². The molecule has 0 aliphatic heterocycles. The van der Waals surface area contributed by atoms with E-state index < -0.39 is 0 Å². The van der Waals surface area contributed by atoms with Crippen LogP contribution in [0.15, 0.2) is 42.5 Å². The summed E-state index contributed by atoms with van der Waals surface area (Å²) in [5.74, 6) is 1.33. The Bertz CT molecular complexity index is 515. The second-order valence-corrected chi connectivity index (χ2v) is 4.62. The first kappa shape index (κ1) is 12.7. The molecule has 2 aromatic rings. The summed E-state index contributed by atoms with van der Waals surface area (Å²) in [5, 5.41) is 0. The van der Waals surface area contributed by atoms with E-state index in [4.69, 9.17) is 4.74 Å². The Kier molecular flexibility index (Phi) is 4.03. The van der Waals surface area contributed by atoms with Gasteiger partial charge in [0.1, 0.15) is 5.75 Å². The van der Waals surface area contributed by atoms with E-state index in [1.54, 1.807) is 0 Å². The van der Waals surface area contributed by atoms with Crippen molar-refractivity contribution in [1.29, 1.82) is 0 Å². The molecule has 0 spiro atoms. The molecule has 0 unspecified atom stereocenters. The summed E-state index contributed by atoms with van der Waals surface area (Å²) in [4.78, 5) is 0. The number of hydrogen-bond acceptors (Lipinski definition) is 1. The molecule has 0 amide bonds. The maximum atomic E-state index is 5.51. The first-order valence-corrected chi connectivity index (χ1v) is 6.46. The van der Waals surface area contributed by atoms with Crippen molar-refractivity contribution in [1.82, 2.24) is 0 Å². The van der Waals surface area contributed by atoms with Crippen LogP contribution in [0.25, 0.3) is 11.1 Å². The van der Waals surface area contributed by atoms with Crippen LogP contribution in [0.5, 0.6) is 5.75 Å². The van der Waals surface area contributed by atoms with Gasteiger partial charge in [0, 0.05) is 6.07 Å². The van der Waals surface area contributed by atoms with Gasteiger partial charge in [-0.3, -0.25) is 0 Å². The molecule has 2 rings (SSSR count). The maximum absolute atomic E-state index is 5.51. The molecule has 0 saturated heterocycles. The highest BCUT2D eigenvalue weighted by molar-refractivity contribution is 5.69. The number of hydrogen-bond donors (Lipinski definition) is 0. The van der Waals surface area contributed by atoms with Gasteiger partial charge >= 0.3 is 0 Å². The Morgan fingerprint density at radius 3 is 2.67 bits per heavy atom. The SMILES string of the molecule is CCOc1[c]ccc(-c2ccccc2C(C)C)c1. The van der Waals surface area contributed by atoms with Gasteiger partial charge in [0.05, 0.1) is 6.61 Å². The Morgan fingerprint density at radius 1 is 1.17 bits per heavy atom. The molecule has 0 atom stereocenters. The number of rotatable bonds is 4. The third kappa shape index (κ3) is 2.73. The molecule has 0 aliphatic carbocycles. The lowest BCUT2D eigenvalue weighted by molar-refractivity contribution is 0.339. The first-order chi connectivity index (χ1) is 8.72. The molecule has 93 valence electrons. The van der Waals surface area contributed by atoms with Gasteiger partial charge in [0.15, 0.2) is 0 Å². The summed E-state index contributed by atoms with van der Waals surface area (Å²) >= 11 is 0. The van der Waals surface area contributed by atoms with E-state index in [-0.39, 0.29) is 0 Å². The average Bonchev–Trinajstić information content (AvgIpc) is 2.39. The quantitative estimate of drug-likeness (QED) is 0.753. The minimum atomic E-state index is 0.515. The van der Waals surface area contributed by atoms with E-state index >= 15 is 0 Å². The normalized spacial score (nSPS) is 10.7. The molecule has 1 radical (unpaired) electrons. The molecular formula is C17H19O. The van der Waals surface area contributed by atoms with Crippen LogP contribution in [0, 0.1) is 6.07 Å². The highest BCUT2D eigenvalue weighted by Gasteiger charge is 2.08. The van der Waals surface area contributed by atoms with Crippen molar-refractivity contribution < 1.29 is 4.74 Å². The van der Waals surface area contributed by atoms with Crippen LogP contribution in [-0.4, -0.2) is 6.61 Å². The molecule has 0 N–H and O–H groups in total. The molecule has 0 heterocycles. The van der Waals surface area contributed by atoms with Crippen LogP contribution < -0.4 is 4.74 Å². The van der Waals surface area contributed by atoms with Crippen LogP contribution in [0.3, 0.4) is 0 Å². The van der Waals surface area contributed by atoms with Crippen molar-refractivity contribution in [3.05, 3.63) is 54.1 Å². The molecular weight excluding hydrogens is 220 g/mol. The van der Waals surface area contributed by atoms with E-state index in [1.807, 2.05) is 13.0 Å². The lowest BCUT2D eigenvalue weighted by Crippen LogP contribution is -1.94. The molecule has 18 heavy (non-hydrogen) atoms. The van der Waals surface area contributed by atoms with E-state index in [1.165, 1.54) is 16.7 Å². The zero-order valence-corrected chi connectivity index (χ0v) is 11.2. The summed E-state index contributed by atoms with van der Waals surface area (Å²) in [5.41, 5.74) is 3.84. The standard InChI is InChI=1S/C17H19O/c1-4-18-15-9-7-8-14(12-15)17-11-6-5-10-16(17)13(2)3/h5-8,10-13H,4H2,1-3H3. The summed E-state index contributed by atoms with van der Waals surface area (Å²) in [6.07, 6.45) is 0. The lowest BCUT2D eigenvalue weighted by atomic mass is 9.93. The van der Waals surface area contributed by atoms with Gasteiger partial charge < -0.3 is 4.74 Å². The minimum Gasteiger partial charge on any atom is -0.493 e. The Labute approximate surface area is 109 Å². The van der Waals surface area contributed by atoms with Gasteiger partial charge in [-0.05, 0) is 41.7 Å². The first-order valence-electron chi connectivity index (χ1n) is 6.46. The van der Waals surface area contributed by atoms with E-state index in [0.29, 0.717) is 12.5 Å². The topological polar surface area (TPSA) is 9.23 Å². The molecule has 0 aromatic heterocycles. The van der Waals surface area contributed by atoms with Gasteiger partial charge in [-0.25, -0.2) is 0 Å². The van der Waals surface area contributed by atoms with Gasteiger partial charge in [-0.1, -0.05) is 44.2 Å². The Morgan fingerprint density at radius 2 is 1.94 bits per heavy atom. The fraction of sp³-hybridized carbons (Fsp3) is 0.294. The summed E-state index contributed by atoms with van der Waals surface area (Å²) in [6.45, 7) is 7.10. The van der Waals surface area contributed by atoms with E-state index in [2.05, 4.69) is 56.3 Å². The van der Waals surface area contributed by atoms with Gasteiger partial charge in [-0.2, -0.15) is 0 Å². The fourth-order valence-electron chi connectivity index (χ4n) is 2.11. The molecule has 0 fully saturated rings. The summed E-state index contributed by atoms with van der Waals surface area (Å²) < 4.78 is 5.51. The summed E-state index contributed by atoms with van der Waals surface area (Å²) in [7, 11) is 0. The van der Waals surface area contributed by atoms with Gasteiger partial charge in [0.2, 0.25) is 0 Å².